The molecular formula is C20H29ClF2N4OS. The number of terminal acetylenes is 1. The third-order valence-corrected chi connectivity index (χ3v) is 5.32. The number of alkyl halides is 3. The summed E-state index contributed by atoms with van der Waals surface area (Å²) < 4.78 is 25.7. The van der Waals surface area contributed by atoms with Gasteiger partial charge in [-0.3, -0.25) is 20.2 Å². The second kappa shape index (κ2) is 13.5. The fraction of sp³-hybridized carbons (Fsp3) is 0.600. The van der Waals surface area contributed by atoms with E-state index in [-0.39, 0.29) is 24.6 Å². The Kier molecular flexibility index (Phi) is 11.8. The van der Waals surface area contributed by atoms with Crippen molar-refractivity contribution in [1.29, 1.82) is 0 Å². The minimum Gasteiger partial charge on any atom is -0.314 e. The van der Waals surface area contributed by atoms with E-state index >= 15 is 0 Å². The molecule has 0 spiro atoms. The normalized spacial score (nSPS) is 14.6. The van der Waals surface area contributed by atoms with Gasteiger partial charge >= 0.3 is 0 Å². The van der Waals surface area contributed by atoms with Gasteiger partial charge in [-0.15, -0.1) is 11.6 Å². The van der Waals surface area contributed by atoms with Gasteiger partial charge in [0.15, 0.2) is 0 Å². The Bertz CT molecular complexity index is 656. The highest BCUT2D eigenvalue weighted by Gasteiger charge is 2.21. The van der Waals surface area contributed by atoms with Crippen molar-refractivity contribution in [1.82, 2.24) is 15.3 Å². The largest absolute Gasteiger partial charge is 0.314 e. The first-order chi connectivity index (χ1) is 13.8. The van der Waals surface area contributed by atoms with E-state index in [1.54, 1.807) is 22.3 Å². The van der Waals surface area contributed by atoms with Gasteiger partial charge in [-0.25, -0.2) is 8.78 Å². The van der Waals surface area contributed by atoms with Gasteiger partial charge in [0, 0.05) is 50.1 Å². The van der Waals surface area contributed by atoms with Crippen LogP contribution in [-0.2, 0) is 4.79 Å². The smallest absolute Gasteiger partial charge is 0.246 e. The molecule has 29 heavy (non-hydrogen) atoms. The molecule has 1 N–H and O–H groups in total. The average molecular weight is 447 g/mol. The number of allylic oxidation sites excluding steroid dienone is 3. The lowest BCUT2D eigenvalue weighted by molar-refractivity contribution is -0.128. The van der Waals surface area contributed by atoms with E-state index in [1.807, 2.05) is 13.0 Å². The lowest BCUT2D eigenvalue weighted by Gasteiger charge is -2.27. The third kappa shape index (κ3) is 10.0. The molecule has 1 heterocycles. The summed E-state index contributed by atoms with van der Waals surface area (Å²) in [6.07, 6.45) is 12.7. The predicted octanol–water partition coefficient (Wildman–Crippen LogP) is 4.23. The number of aliphatic imine (C=N–C) groups is 1. The molecule has 0 unspecified atom stereocenters. The van der Waals surface area contributed by atoms with Crippen LogP contribution in [0.25, 0.3) is 0 Å². The Hall–Kier alpha value is -1.72. The van der Waals surface area contributed by atoms with Crippen LogP contribution in [0.3, 0.4) is 0 Å². The van der Waals surface area contributed by atoms with Gasteiger partial charge in [0.2, 0.25) is 11.8 Å². The summed E-state index contributed by atoms with van der Waals surface area (Å²) in [5.74, 6) is -1.88. The molecule has 0 aliphatic carbocycles. The maximum Gasteiger partial charge on any atom is 0.246 e. The van der Waals surface area contributed by atoms with Crippen molar-refractivity contribution < 1.29 is 13.6 Å². The van der Waals surface area contributed by atoms with Gasteiger partial charge in [0.25, 0.3) is 0 Å². The predicted molar refractivity (Wildman–Crippen MR) is 118 cm³/mol. The molecule has 1 amide bonds. The molecule has 9 heteroatoms. The Morgan fingerprint density at radius 2 is 2.28 bits per heavy atom. The monoisotopic (exact) mass is 446 g/mol. The Morgan fingerprint density at radius 1 is 1.52 bits per heavy atom. The number of rotatable bonds is 12. The van der Waals surface area contributed by atoms with Crippen LogP contribution in [0.5, 0.6) is 0 Å². The second-order valence-corrected chi connectivity index (χ2v) is 8.00. The van der Waals surface area contributed by atoms with Crippen LogP contribution in [-0.4, -0.2) is 58.4 Å². The summed E-state index contributed by atoms with van der Waals surface area (Å²) in [5.41, 5.74) is 4.16. The number of amides is 1. The van der Waals surface area contributed by atoms with Crippen molar-refractivity contribution in [3.63, 3.8) is 0 Å². The highest BCUT2D eigenvalue weighted by Crippen LogP contribution is 2.20. The van der Waals surface area contributed by atoms with Crippen LogP contribution in [0.15, 0.2) is 28.7 Å². The first kappa shape index (κ1) is 25.3. The van der Waals surface area contributed by atoms with Crippen molar-refractivity contribution in [2.24, 2.45) is 4.99 Å². The Labute approximate surface area is 181 Å². The van der Waals surface area contributed by atoms with E-state index < -0.39 is 5.92 Å². The molecule has 0 saturated heterocycles. The molecule has 0 atom stereocenters. The molecule has 1 aliphatic heterocycles. The van der Waals surface area contributed by atoms with Crippen LogP contribution in [0.2, 0.25) is 0 Å². The van der Waals surface area contributed by atoms with Gasteiger partial charge < -0.3 is 4.90 Å². The number of nitrogens with zero attached hydrogens (tertiary/aromatic N) is 3. The number of halogens is 3. The fourth-order valence-corrected chi connectivity index (χ4v) is 3.80. The minimum absolute atomic E-state index is 0.112. The van der Waals surface area contributed by atoms with Crippen LogP contribution in [0, 0.1) is 12.5 Å². The molecule has 0 aromatic heterocycles. The molecule has 0 bridgehead atoms. The molecule has 1 aliphatic rings. The molecule has 0 aromatic carbocycles. The van der Waals surface area contributed by atoms with E-state index in [0.717, 1.165) is 32.0 Å². The van der Waals surface area contributed by atoms with Crippen molar-refractivity contribution in [2.45, 2.75) is 45.5 Å². The summed E-state index contributed by atoms with van der Waals surface area (Å²) >= 11 is 7.47. The van der Waals surface area contributed by atoms with Crippen LogP contribution in [0.4, 0.5) is 8.78 Å². The van der Waals surface area contributed by atoms with Gasteiger partial charge in [-0.05, 0) is 32.4 Å². The number of hydrogen-bond donors (Lipinski definition) is 1. The lowest BCUT2D eigenvalue weighted by atomic mass is 10.3. The lowest BCUT2D eigenvalue weighted by Crippen LogP contribution is -2.35. The summed E-state index contributed by atoms with van der Waals surface area (Å²) in [4.78, 5) is 18.6. The number of thioether (sulfide) groups is 1. The van der Waals surface area contributed by atoms with E-state index in [0.29, 0.717) is 23.7 Å². The van der Waals surface area contributed by atoms with Crippen molar-refractivity contribution >= 4 is 35.5 Å². The minimum atomic E-state index is -2.68. The molecule has 0 aromatic rings. The van der Waals surface area contributed by atoms with E-state index in [1.165, 1.54) is 11.8 Å². The molecule has 0 fully saturated rings. The number of carbonyl (C=O) groups excluding carboxylic acids is 1. The standard InChI is InChI=1S/C20H29ClF2N4OS/c1-4-25-27(17-8-6-7-11-24-15-17)16-18(14-21)26(5-2)19(28)9-12-29-13-10-20(3,22)23/h1,8,15-16,25H,5-7,9-14H2,2-3H3/b18-16+. The fourth-order valence-electron chi connectivity index (χ4n) is 2.56. The maximum atomic E-state index is 12.9. The van der Waals surface area contributed by atoms with Crippen molar-refractivity contribution in [2.75, 3.05) is 30.5 Å². The molecule has 1 rings (SSSR count). The van der Waals surface area contributed by atoms with Gasteiger partial charge in [0.05, 0.1) is 17.3 Å². The van der Waals surface area contributed by atoms with Gasteiger partial charge in [-0.1, -0.05) is 12.5 Å². The number of hydrogen-bond acceptors (Lipinski definition) is 5. The summed E-state index contributed by atoms with van der Waals surface area (Å²) in [7, 11) is 0. The van der Waals surface area contributed by atoms with Crippen LogP contribution >= 0.6 is 23.4 Å². The van der Waals surface area contributed by atoms with E-state index in [9.17, 15) is 13.6 Å². The van der Waals surface area contributed by atoms with Crippen molar-refractivity contribution in [3.05, 3.63) is 23.7 Å². The highest BCUT2D eigenvalue weighted by atomic mass is 35.5. The Morgan fingerprint density at radius 3 is 2.90 bits per heavy atom. The van der Waals surface area contributed by atoms with Gasteiger partial charge in [-0.2, -0.15) is 11.8 Å². The number of hydrazine groups is 1. The van der Waals surface area contributed by atoms with E-state index in [2.05, 4.69) is 16.5 Å². The summed E-state index contributed by atoms with van der Waals surface area (Å²) in [6.45, 7) is 3.94. The summed E-state index contributed by atoms with van der Waals surface area (Å²) in [6, 6.07) is 2.38. The van der Waals surface area contributed by atoms with Crippen LogP contribution < -0.4 is 5.43 Å². The topological polar surface area (TPSA) is 47.9 Å². The summed E-state index contributed by atoms with van der Waals surface area (Å²) in [5, 5.41) is 1.63. The quantitative estimate of drug-likeness (QED) is 0.160. The first-order valence-corrected chi connectivity index (χ1v) is 11.2. The molecule has 162 valence electrons. The first-order valence-electron chi connectivity index (χ1n) is 9.55. The van der Waals surface area contributed by atoms with Gasteiger partial charge in [0.1, 0.15) is 0 Å². The molecular weight excluding hydrogens is 418 g/mol. The highest BCUT2D eigenvalue weighted by molar-refractivity contribution is 7.99. The number of carbonyl (C=O) groups is 1. The zero-order chi connectivity index (χ0) is 21.7. The second-order valence-electron chi connectivity index (χ2n) is 6.51. The van der Waals surface area contributed by atoms with E-state index in [4.69, 9.17) is 18.0 Å². The third-order valence-electron chi connectivity index (χ3n) is 4.06. The average Bonchev–Trinajstić information content (AvgIpc) is 2.95. The SMILES string of the molecule is C#CNN(/C=C(\CCl)N(CC)C(=O)CCSCCC(C)(F)F)C1=CCCCN=C1. The molecule has 0 saturated carbocycles. The van der Waals surface area contributed by atoms with Crippen LogP contribution in [0.1, 0.15) is 39.5 Å². The molecule has 5 nitrogen and oxygen atoms in total. The Balaban J connectivity index is 2.79. The zero-order valence-electron chi connectivity index (χ0n) is 17.0. The number of nitrogens with one attached hydrogen (secondary N) is 1. The van der Waals surface area contributed by atoms with Crippen molar-refractivity contribution in [3.8, 4) is 12.5 Å². The zero-order valence-corrected chi connectivity index (χ0v) is 18.5. The maximum absolute atomic E-state index is 12.9. The molecule has 0 radical (unpaired) electrons.